The predicted molar refractivity (Wildman–Crippen MR) is 99.0 cm³/mol. The lowest BCUT2D eigenvalue weighted by Crippen LogP contribution is -2.47. The van der Waals surface area contributed by atoms with Crippen LogP contribution in [0.1, 0.15) is 40.0 Å². The van der Waals surface area contributed by atoms with Crippen molar-refractivity contribution in [1.29, 1.82) is 0 Å². The molecule has 3 atom stereocenters. The minimum atomic E-state index is -3.60. The Hall–Kier alpha value is -0.860. The molecule has 0 aliphatic carbocycles. The second-order valence-electron chi connectivity index (χ2n) is 6.69. The van der Waals surface area contributed by atoms with Crippen LogP contribution in [0, 0.1) is 5.92 Å². The molecule has 3 unspecified atom stereocenters. The lowest BCUT2D eigenvalue weighted by molar-refractivity contribution is -0.135. The van der Waals surface area contributed by atoms with Crippen LogP contribution in [0.3, 0.4) is 0 Å². The van der Waals surface area contributed by atoms with Crippen molar-refractivity contribution < 1.29 is 18.0 Å². The Morgan fingerprint density at radius 3 is 2.32 bits per heavy atom. The summed E-state index contributed by atoms with van der Waals surface area (Å²) in [6.45, 7) is 8.41. The highest BCUT2D eigenvalue weighted by atomic mass is 35.5. The van der Waals surface area contributed by atoms with Crippen molar-refractivity contribution in [2.75, 3.05) is 32.4 Å². The molecule has 0 radical (unpaired) electrons. The van der Waals surface area contributed by atoms with Crippen molar-refractivity contribution >= 4 is 34.2 Å². The smallest absolute Gasteiger partial charge is 0.241 e. The van der Waals surface area contributed by atoms with Crippen LogP contribution in [0.2, 0.25) is 0 Å². The summed E-state index contributed by atoms with van der Waals surface area (Å²) in [4.78, 5) is 29.2. The lowest BCUT2D eigenvalue weighted by atomic mass is 9.94. The number of hydrogen-bond acceptors (Lipinski definition) is 5. The van der Waals surface area contributed by atoms with Crippen LogP contribution in [-0.2, 0) is 19.6 Å². The van der Waals surface area contributed by atoms with E-state index in [0.717, 1.165) is 30.1 Å². The highest BCUT2D eigenvalue weighted by Crippen LogP contribution is 2.40. The number of carbonyl (C=O) groups excluding carboxylic acids is 2. The highest BCUT2D eigenvalue weighted by molar-refractivity contribution is 7.88. The molecule has 2 aliphatic heterocycles. The zero-order valence-electron chi connectivity index (χ0n) is 15.5. The Labute approximate surface area is 157 Å². The van der Waals surface area contributed by atoms with Crippen molar-refractivity contribution in [2.45, 2.75) is 52.1 Å². The Morgan fingerprint density at radius 2 is 1.84 bits per heavy atom. The van der Waals surface area contributed by atoms with Gasteiger partial charge in [0, 0.05) is 6.54 Å². The van der Waals surface area contributed by atoms with Gasteiger partial charge in [0.2, 0.25) is 21.8 Å². The third-order valence-electron chi connectivity index (χ3n) is 5.20. The molecule has 2 heterocycles. The number of halogens is 1. The fraction of sp³-hybridized carbons (Fsp3) is 0.875. The van der Waals surface area contributed by atoms with Gasteiger partial charge in [-0.1, -0.05) is 27.2 Å². The van der Waals surface area contributed by atoms with Crippen molar-refractivity contribution in [1.82, 2.24) is 14.1 Å². The number of sulfonamides is 1. The van der Waals surface area contributed by atoms with Crippen LogP contribution in [0.15, 0.2) is 0 Å². The van der Waals surface area contributed by atoms with Gasteiger partial charge in [0.25, 0.3) is 0 Å². The second-order valence-corrected chi connectivity index (χ2v) is 8.55. The summed E-state index contributed by atoms with van der Waals surface area (Å²) >= 11 is 0. The predicted octanol–water partition coefficient (Wildman–Crippen LogP) is 0.938. The van der Waals surface area contributed by atoms with E-state index in [1.807, 2.05) is 25.7 Å². The molecular formula is C16H30ClN3O4S. The van der Waals surface area contributed by atoms with Crippen molar-refractivity contribution in [2.24, 2.45) is 5.92 Å². The third-order valence-corrected chi connectivity index (χ3v) is 6.36. The molecular weight excluding hydrogens is 366 g/mol. The Morgan fingerprint density at radius 1 is 1.24 bits per heavy atom. The van der Waals surface area contributed by atoms with E-state index in [-0.39, 0.29) is 30.3 Å². The number of fused-ring (bicyclic) bond motifs is 1. The molecule has 0 aromatic rings. The molecule has 7 nitrogen and oxygen atoms in total. The first-order chi connectivity index (χ1) is 11.3. The summed E-state index contributed by atoms with van der Waals surface area (Å²) in [7, 11) is -3.60. The van der Waals surface area contributed by atoms with Gasteiger partial charge in [0.1, 0.15) is 0 Å². The van der Waals surface area contributed by atoms with Crippen LogP contribution < -0.4 is 0 Å². The van der Waals surface area contributed by atoms with E-state index in [4.69, 9.17) is 0 Å². The maximum absolute atomic E-state index is 12.7. The first kappa shape index (κ1) is 22.2. The van der Waals surface area contributed by atoms with Crippen LogP contribution >= 0.6 is 12.4 Å². The lowest BCUT2D eigenvalue weighted by Gasteiger charge is -2.29. The molecule has 25 heavy (non-hydrogen) atoms. The van der Waals surface area contributed by atoms with E-state index in [1.165, 1.54) is 0 Å². The standard InChI is InChI=1S/C16H29N3O4S.ClH/c1-5-8-12-15-13(19(16(12)21)24(4,22)23)9-10-18(15)14(20)11-17(6-2)7-3;/h12-13,15H,5-11H2,1-4H3;1H. The average Bonchev–Trinajstić information content (AvgIpc) is 3.03. The molecule has 0 N–H and O–H groups in total. The molecule has 0 aromatic carbocycles. The normalized spacial score (nSPS) is 26.1. The molecule has 2 amide bonds. The third kappa shape index (κ3) is 4.28. The summed E-state index contributed by atoms with van der Waals surface area (Å²) in [6, 6.07) is -0.708. The number of rotatable bonds is 7. The number of carbonyl (C=O) groups is 2. The maximum atomic E-state index is 12.7. The van der Waals surface area contributed by atoms with E-state index in [9.17, 15) is 18.0 Å². The van der Waals surface area contributed by atoms with Gasteiger partial charge >= 0.3 is 0 Å². The molecule has 0 aromatic heterocycles. The fourth-order valence-corrected chi connectivity index (χ4v) is 5.23. The Kier molecular flexibility index (Phi) is 7.71. The molecule has 0 bridgehead atoms. The number of amides is 2. The van der Waals surface area contributed by atoms with Gasteiger partial charge in [-0.05, 0) is 25.9 Å². The van der Waals surface area contributed by atoms with Crippen molar-refractivity contribution in [3.05, 3.63) is 0 Å². The largest absolute Gasteiger partial charge is 0.336 e. The van der Waals surface area contributed by atoms with Gasteiger partial charge in [0.15, 0.2) is 0 Å². The van der Waals surface area contributed by atoms with E-state index in [2.05, 4.69) is 0 Å². The first-order valence-corrected chi connectivity index (χ1v) is 10.7. The first-order valence-electron chi connectivity index (χ1n) is 8.81. The quantitative estimate of drug-likeness (QED) is 0.641. The minimum absolute atomic E-state index is 0. The minimum Gasteiger partial charge on any atom is -0.336 e. The van der Waals surface area contributed by atoms with Crippen molar-refractivity contribution in [3.63, 3.8) is 0 Å². The van der Waals surface area contributed by atoms with Gasteiger partial charge in [-0.25, -0.2) is 12.7 Å². The number of likely N-dealkylation sites (tertiary alicyclic amines) is 1. The highest BCUT2D eigenvalue weighted by Gasteiger charge is 2.57. The van der Waals surface area contributed by atoms with Gasteiger partial charge < -0.3 is 4.90 Å². The topological polar surface area (TPSA) is 78.0 Å². The molecule has 9 heteroatoms. The van der Waals surface area contributed by atoms with Gasteiger partial charge in [-0.2, -0.15) is 0 Å². The fourth-order valence-electron chi connectivity index (χ4n) is 4.05. The van der Waals surface area contributed by atoms with Gasteiger partial charge in [-0.15, -0.1) is 12.4 Å². The molecule has 2 fully saturated rings. The van der Waals surface area contributed by atoms with Gasteiger partial charge in [-0.3, -0.25) is 14.5 Å². The molecule has 2 aliphatic rings. The van der Waals surface area contributed by atoms with Gasteiger partial charge in [0.05, 0.1) is 30.8 Å². The number of likely N-dealkylation sites (N-methyl/N-ethyl adjacent to an activating group) is 1. The molecule has 146 valence electrons. The van der Waals surface area contributed by atoms with Crippen LogP contribution in [0.5, 0.6) is 0 Å². The number of hydrogen-bond donors (Lipinski definition) is 0. The van der Waals surface area contributed by atoms with Crippen LogP contribution in [0.4, 0.5) is 0 Å². The molecule has 2 rings (SSSR count). The summed E-state index contributed by atoms with van der Waals surface area (Å²) in [5, 5.41) is 0. The summed E-state index contributed by atoms with van der Waals surface area (Å²) in [6.07, 6.45) is 3.01. The van der Waals surface area contributed by atoms with Crippen LogP contribution in [0.25, 0.3) is 0 Å². The van der Waals surface area contributed by atoms with E-state index < -0.39 is 22.0 Å². The zero-order chi connectivity index (χ0) is 18.1. The Bertz CT molecular complexity index is 594. The molecule has 2 saturated heterocycles. The second kappa shape index (κ2) is 8.68. The summed E-state index contributed by atoms with van der Waals surface area (Å²) in [5.74, 6) is -0.747. The molecule has 0 saturated carbocycles. The Balaban J connectivity index is 0.00000312. The van der Waals surface area contributed by atoms with Crippen LogP contribution in [-0.4, -0.2) is 78.9 Å². The van der Waals surface area contributed by atoms with E-state index in [0.29, 0.717) is 25.9 Å². The monoisotopic (exact) mass is 395 g/mol. The maximum Gasteiger partial charge on any atom is 0.241 e. The zero-order valence-corrected chi connectivity index (χ0v) is 17.1. The summed E-state index contributed by atoms with van der Waals surface area (Å²) in [5.41, 5.74) is 0. The summed E-state index contributed by atoms with van der Waals surface area (Å²) < 4.78 is 25.2. The number of nitrogens with zero attached hydrogens (tertiary/aromatic N) is 3. The van der Waals surface area contributed by atoms with E-state index >= 15 is 0 Å². The molecule has 0 spiro atoms. The average molecular weight is 396 g/mol. The van der Waals surface area contributed by atoms with E-state index in [1.54, 1.807) is 4.90 Å². The SMILES string of the molecule is CCCC1C(=O)N(S(C)(=O)=O)C2CCN(C(=O)CN(CC)CC)C12.Cl. The van der Waals surface area contributed by atoms with Crippen molar-refractivity contribution in [3.8, 4) is 0 Å².